The molecule has 1 aromatic carbocycles. The van der Waals surface area contributed by atoms with Gasteiger partial charge < -0.3 is 39.4 Å². The number of rotatable bonds is 8. The zero-order chi connectivity index (χ0) is 23.5. The molecule has 0 aliphatic carbocycles. The van der Waals surface area contributed by atoms with Crippen molar-refractivity contribution >= 4 is 0 Å². The number of H-pyrrole nitrogens is 1. The van der Waals surface area contributed by atoms with Gasteiger partial charge >= 0.3 is 6.18 Å². The van der Waals surface area contributed by atoms with Gasteiger partial charge in [-0.1, -0.05) is 18.2 Å². The fraction of sp³-hybridized carbons (Fsp3) is 0.526. The average Bonchev–Trinajstić information content (AvgIpc) is 3.16. The number of nitrogens with zero attached hydrogens (tertiary/aromatic N) is 1. The first-order valence-electron chi connectivity index (χ1n) is 9.48. The Morgan fingerprint density at radius 1 is 1.12 bits per heavy atom. The fourth-order valence-electron chi connectivity index (χ4n) is 3.22. The predicted molar refractivity (Wildman–Crippen MR) is 99.7 cm³/mol. The number of aromatic amines is 1. The largest absolute Gasteiger partial charge is 0.467 e. The smallest absolute Gasteiger partial charge is 0.433 e. The van der Waals surface area contributed by atoms with Crippen molar-refractivity contribution in [2.75, 3.05) is 20.5 Å². The lowest BCUT2D eigenvalue weighted by Crippen LogP contribution is -2.60. The third kappa shape index (κ3) is 5.14. The van der Waals surface area contributed by atoms with Crippen LogP contribution in [0.4, 0.5) is 13.2 Å². The van der Waals surface area contributed by atoms with Crippen LogP contribution in [0.2, 0.25) is 0 Å². The molecule has 1 aliphatic rings. The van der Waals surface area contributed by atoms with E-state index < -0.39 is 60.6 Å². The monoisotopic (exact) mass is 464 g/mol. The summed E-state index contributed by atoms with van der Waals surface area (Å²) in [6.07, 6.45) is -13.4. The molecule has 1 saturated heterocycles. The second-order valence-electron chi connectivity index (χ2n) is 7.03. The van der Waals surface area contributed by atoms with Crippen molar-refractivity contribution in [3.8, 4) is 11.6 Å². The molecule has 0 amide bonds. The van der Waals surface area contributed by atoms with Gasteiger partial charge in [0.15, 0.2) is 6.79 Å². The van der Waals surface area contributed by atoms with E-state index in [0.29, 0.717) is 5.56 Å². The predicted octanol–water partition coefficient (Wildman–Crippen LogP) is 0.181. The number of ether oxygens (including phenoxy) is 4. The highest BCUT2D eigenvalue weighted by Gasteiger charge is 2.46. The standard InChI is InChI=1S/C19H23F3N2O8/c1-29-8-30-11-5-3-2-4-9(11)6-10-16(19(20,21)22)23-24-17(10)32-18-15(28)14(27)13(26)12(7-25)31-18/h2-5,12-15,18,25-28H,6-8H2,1H3,(H,23,24)/t12-,13-,14+,15-,18+/m1/s1. The first kappa shape index (κ1) is 24.2. The zero-order valence-corrected chi connectivity index (χ0v) is 16.8. The normalized spacial score (nSPS) is 26.2. The summed E-state index contributed by atoms with van der Waals surface area (Å²) in [6, 6.07) is 6.36. The number of para-hydroxylation sites is 1. The molecular formula is C19H23F3N2O8. The van der Waals surface area contributed by atoms with Crippen LogP contribution in [0.5, 0.6) is 11.6 Å². The van der Waals surface area contributed by atoms with Crippen molar-refractivity contribution < 1.29 is 52.5 Å². The van der Waals surface area contributed by atoms with E-state index in [1.165, 1.54) is 7.11 Å². The molecule has 2 aromatic rings. The van der Waals surface area contributed by atoms with Crippen molar-refractivity contribution in [3.63, 3.8) is 0 Å². The van der Waals surface area contributed by atoms with Crippen molar-refractivity contribution in [2.24, 2.45) is 0 Å². The summed E-state index contributed by atoms with van der Waals surface area (Å²) < 4.78 is 61.6. The summed E-state index contributed by atoms with van der Waals surface area (Å²) in [7, 11) is 1.40. The van der Waals surface area contributed by atoms with Gasteiger partial charge in [-0.2, -0.15) is 13.2 Å². The van der Waals surface area contributed by atoms with Gasteiger partial charge in [-0.3, -0.25) is 5.10 Å². The van der Waals surface area contributed by atoms with Gasteiger partial charge in [0, 0.05) is 13.5 Å². The molecule has 0 spiro atoms. The van der Waals surface area contributed by atoms with Crippen LogP contribution in [0, 0.1) is 0 Å². The summed E-state index contributed by atoms with van der Waals surface area (Å²) in [5, 5.41) is 44.6. The molecular weight excluding hydrogens is 441 g/mol. The maximum absolute atomic E-state index is 13.6. The fourth-order valence-corrected chi connectivity index (χ4v) is 3.22. The lowest BCUT2D eigenvalue weighted by molar-refractivity contribution is -0.278. The molecule has 0 radical (unpaired) electrons. The highest BCUT2D eigenvalue weighted by atomic mass is 19.4. The number of methoxy groups -OCH3 is 1. The van der Waals surface area contributed by atoms with Crippen molar-refractivity contribution in [1.82, 2.24) is 10.2 Å². The highest BCUT2D eigenvalue weighted by molar-refractivity contribution is 5.42. The number of halogens is 3. The lowest BCUT2D eigenvalue weighted by atomic mass is 9.99. The van der Waals surface area contributed by atoms with Crippen LogP contribution >= 0.6 is 0 Å². The molecule has 1 aromatic heterocycles. The molecule has 1 aliphatic heterocycles. The van der Waals surface area contributed by atoms with Crippen molar-refractivity contribution in [2.45, 2.75) is 43.3 Å². The maximum Gasteiger partial charge on any atom is 0.433 e. The molecule has 178 valence electrons. The van der Waals surface area contributed by atoms with E-state index in [4.69, 9.17) is 18.9 Å². The van der Waals surface area contributed by atoms with Gasteiger partial charge in [0.05, 0.1) is 12.2 Å². The molecule has 0 bridgehead atoms. The third-order valence-corrected chi connectivity index (χ3v) is 4.86. The van der Waals surface area contributed by atoms with Gasteiger partial charge in [0.25, 0.3) is 0 Å². The number of aliphatic hydroxyl groups excluding tert-OH is 4. The quantitative estimate of drug-likeness (QED) is 0.345. The van der Waals surface area contributed by atoms with Crippen molar-refractivity contribution in [1.29, 1.82) is 0 Å². The molecule has 5 atom stereocenters. The van der Waals surface area contributed by atoms with Crippen LogP contribution < -0.4 is 9.47 Å². The summed E-state index contributed by atoms with van der Waals surface area (Å²) in [5.41, 5.74) is -1.21. The van der Waals surface area contributed by atoms with E-state index in [1.54, 1.807) is 24.3 Å². The number of benzene rings is 1. The Morgan fingerprint density at radius 2 is 1.84 bits per heavy atom. The Morgan fingerprint density at radius 3 is 2.50 bits per heavy atom. The van der Waals surface area contributed by atoms with Crippen LogP contribution in [0.15, 0.2) is 24.3 Å². The summed E-state index contributed by atoms with van der Waals surface area (Å²) in [4.78, 5) is 0. The molecule has 5 N–H and O–H groups in total. The Bertz CT molecular complexity index is 892. The van der Waals surface area contributed by atoms with Crippen LogP contribution in [-0.4, -0.2) is 81.8 Å². The van der Waals surface area contributed by atoms with E-state index >= 15 is 0 Å². The second-order valence-corrected chi connectivity index (χ2v) is 7.03. The minimum absolute atomic E-state index is 0.122. The van der Waals surface area contributed by atoms with E-state index in [1.807, 2.05) is 5.10 Å². The van der Waals surface area contributed by atoms with E-state index in [9.17, 15) is 33.6 Å². The van der Waals surface area contributed by atoms with E-state index in [2.05, 4.69) is 5.10 Å². The van der Waals surface area contributed by atoms with E-state index in [-0.39, 0.29) is 19.0 Å². The number of nitrogens with one attached hydrogen (secondary N) is 1. The first-order valence-corrected chi connectivity index (χ1v) is 9.48. The van der Waals surface area contributed by atoms with Gasteiger partial charge in [0.1, 0.15) is 35.9 Å². The van der Waals surface area contributed by atoms with Crippen LogP contribution in [0.25, 0.3) is 0 Å². The van der Waals surface area contributed by atoms with Crippen LogP contribution in [0.3, 0.4) is 0 Å². The van der Waals surface area contributed by atoms with Gasteiger partial charge in [-0.05, 0) is 11.6 Å². The highest BCUT2D eigenvalue weighted by Crippen LogP contribution is 2.37. The Balaban J connectivity index is 1.93. The summed E-state index contributed by atoms with van der Waals surface area (Å²) in [5.74, 6) is -0.259. The molecule has 0 saturated carbocycles. The van der Waals surface area contributed by atoms with E-state index in [0.717, 1.165) is 0 Å². The molecule has 3 rings (SSSR count). The Hall–Kier alpha value is -2.42. The summed E-state index contributed by atoms with van der Waals surface area (Å²) in [6.45, 7) is -0.848. The number of alkyl halides is 3. The van der Waals surface area contributed by atoms with Gasteiger partial charge in [-0.25, -0.2) is 0 Å². The minimum atomic E-state index is -4.80. The lowest BCUT2D eigenvalue weighted by Gasteiger charge is -2.39. The molecule has 2 heterocycles. The average molecular weight is 464 g/mol. The Kier molecular flexibility index (Phi) is 7.59. The number of hydrogen-bond acceptors (Lipinski definition) is 9. The molecule has 0 unspecified atom stereocenters. The first-order chi connectivity index (χ1) is 15.2. The number of hydrogen-bond donors (Lipinski definition) is 5. The van der Waals surface area contributed by atoms with Gasteiger partial charge in [-0.15, -0.1) is 5.10 Å². The molecule has 32 heavy (non-hydrogen) atoms. The molecule has 1 fully saturated rings. The van der Waals surface area contributed by atoms with Gasteiger partial charge in [0.2, 0.25) is 12.2 Å². The van der Waals surface area contributed by atoms with Crippen LogP contribution in [0.1, 0.15) is 16.8 Å². The minimum Gasteiger partial charge on any atom is -0.467 e. The third-order valence-electron chi connectivity index (χ3n) is 4.86. The SMILES string of the molecule is COCOc1ccccc1Cc1c(O[C@@H]2O[C@H](CO)[C@@H](O)[C@H](O)[C@H]2O)n[nH]c1C(F)(F)F. The number of aromatic nitrogens is 2. The maximum atomic E-state index is 13.6. The zero-order valence-electron chi connectivity index (χ0n) is 16.8. The van der Waals surface area contributed by atoms with Crippen molar-refractivity contribution in [3.05, 3.63) is 41.1 Å². The second kappa shape index (κ2) is 10.0. The van der Waals surface area contributed by atoms with Crippen LogP contribution in [-0.2, 0) is 22.1 Å². The number of aliphatic hydroxyl groups is 4. The Labute approximate surface area is 180 Å². The molecule has 13 heteroatoms. The summed E-state index contributed by atoms with van der Waals surface area (Å²) >= 11 is 0. The molecule has 10 nitrogen and oxygen atoms in total. The topological polar surface area (TPSA) is 147 Å².